The van der Waals surface area contributed by atoms with Gasteiger partial charge in [0.1, 0.15) is 11.9 Å². The number of benzene rings is 1. The van der Waals surface area contributed by atoms with Crippen molar-refractivity contribution in [1.29, 1.82) is 0 Å². The maximum Gasteiger partial charge on any atom is 0.338 e. The number of allylic oxidation sites excluding steroid dienone is 2. The average Bonchev–Trinajstić information content (AvgIpc) is 2.82. The number of esters is 1. The number of carboxylic acids is 1. The second kappa shape index (κ2) is 13.0. The zero-order valence-corrected chi connectivity index (χ0v) is 22.1. The maximum atomic E-state index is 13.2. The van der Waals surface area contributed by atoms with Crippen LogP contribution in [-0.4, -0.2) is 62.4 Å². The van der Waals surface area contributed by atoms with Crippen molar-refractivity contribution in [3.63, 3.8) is 0 Å². The maximum absolute atomic E-state index is 13.2. The predicted octanol–water partition coefficient (Wildman–Crippen LogP) is 3.53. The fourth-order valence-electron chi connectivity index (χ4n) is 5.27. The van der Waals surface area contributed by atoms with Crippen LogP contribution in [-0.2, 0) is 25.7 Å². The van der Waals surface area contributed by atoms with E-state index in [2.05, 4.69) is 0 Å². The van der Waals surface area contributed by atoms with Gasteiger partial charge < -0.3 is 29.9 Å². The Morgan fingerprint density at radius 3 is 2.50 bits per heavy atom. The molecule has 1 aromatic rings. The highest BCUT2D eigenvalue weighted by Gasteiger charge is 2.44. The molecule has 0 unspecified atom stereocenters. The molecule has 0 heterocycles. The number of halogens is 1. The smallest absolute Gasteiger partial charge is 0.338 e. The third kappa shape index (κ3) is 8.20. The first-order valence-corrected chi connectivity index (χ1v) is 13.1. The molecule has 0 fully saturated rings. The van der Waals surface area contributed by atoms with Gasteiger partial charge in [-0.1, -0.05) is 37.3 Å². The Hall–Kier alpha value is -2.59. The van der Waals surface area contributed by atoms with E-state index in [0.29, 0.717) is 18.4 Å². The Morgan fingerprint density at radius 1 is 1.16 bits per heavy atom. The standard InChI is InChI=1S/C29H39FO8/c1-17-4-7-19-12-22(32)14-25(27(19)24(17)11-10-21(31)13-23(33)15-26(34)35)38-28(36)29(2,3)37-16-18-5-8-20(30)9-6-18/h4-9,12,17,21-25,27,31-33H,10-11,13-16H2,1-3H3,(H,34,35)/t17-,21+,22+,23+,24-,25-,27-/m0/s1. The van der Waals surface area contributed by atoms with Crippen LogP contribution < -0.4 is 0 Å². The first kappa shape index (κ1) is 30.0. The minimum atomic E-state index is -1.29. The second-order valence-electron chi connectivity index (χ2n) is 11.0. The van der Waals surface area contributed by atoms with Crippen LogP contribution in [0.5, 0.6) is 0 Å². The number of carbonyl (C=O) groups is 2. The Labute approximate surface area is 222 Å². The van der Waals surface area contributed by atoms with Crippen molar-refractivity contribution in [1.82, 2.24) is 0 Å². The number of rotatable bonds is 12. The average molecular weight is 535 g/mol. The van der Waals surface area contributed by atoms with E-state index in [1.54, 1.807) is 32.1 Å². The zero-order chi connectivity index (χ0) is 28.0. The molecule has 4 N–H and O–H groups in total. The van der Waals surface area contributed by atoms with E-state index < -0.39 is 48.4 Å². The van der Waals surface area contributed by atoms with Crippen LogP contribution in [0.15, 0.2) is 48.1 Å². The minimum Gasteiger partial charge on any atom is -0.481 e. The van der Waals surface area contributed by atoms with Crippen molar-refractivity contribution in [2.24, 2.45) is 17.8 Å². The number of carboxylic acid groups (broad SMARTS) is 1. The lowest BCUT2D eigenvalue weighted by Gasteiger charge is -2.43. The van der Waals surface area contributed by atoms with E-state index in [1.165, 1.54) is 12.1 Å². The monoisotopic (exact) mass is 534 g/mol. The third-order valence-electron chi connectivity index (χ3n) is 7.42. The summed E-state index contributed by atoms with van der Waals surface area (Å²) in [5.41, 5.74) is 0.293. The minimum absolute atomic E-state index is 0.00828. The van der Waals surface area contributed by atoms with Gasteiger partial charge in [-0.15, -0.1) is 0 Å². The topological polar surface area (TPSA) is 134 Å². The largest absolute Gasteiger partial charge is 0.481 e. The van der Waals surface area contributed by atoms with Gasteiger partial charge in [0.2, 0.25) is 0 Å². The molecule has 0 amide bonds. The lowest BCUT2D eigenvalue weighted by Crippen LogP contribution is -2.46. The van der Waals surface area contributed by atoms with E-state index in [1.807, 2.05) is 19.1 Å². The molecule has 0 saturated carbocycles. The van der Waals surface area contributed by atoms with Crippen LogP contribution in [0, 0.1) is 23.6 Å². The molecule has 0 radical (unpaired) electrons. The number of aliphatic hydroxyl groups is 3. The molecule has 3 rings (SSSR count). The molecular weight excluding hydrogens is 495 g/mol. The highest BCUT2D eigenvalue weighted by molar-refractivity contribution is 5.78. The molecule has 0 bridgehead atoms. The number of ether oxygens (including phenoxy) is 2. The summed E-state index contributed by atoms with van der Waals surface area (Å²) in [6.45, 7) is 5.35. The Bertz CT molecular complexity index is 1020. The molecule has 0 aromatic heterocycles. The molecule has 9 heteroatoms. The Balaban J connectivity index is 1.67. The molecule has 7 atom stereocenters. The van der Waals surface area contributed by atoms with Crippen molar-refractivity contribution in [2.75, 3.05) is 0 Å². The molecule has 0 aliphatic heterocycles. The van der Waals surface area contributed by atoms with Gasteiger partial charge in [-0.3, -0.25) is 4.79 Å². The van der Waals surface area contributed by atoms with Crippen LogP contribution in [0.3, 0.4) is 0 Å². The third-order valence-corrected chi connectivity index (χ3v) is 7.42. The van der Waals surface area contributed by atoms with Crippen molar-refractivity contribution < 1.29 is 43.9 Å². The number of carbonyl (C=O) groups excluding carboxylic acids is 1. The molecule has 210 valence electrons. The number of hydrogen-bond donors (Lipinski definition) is 4. The van der Waals surface area contributed by atoms with Gasteiger partial charge in [-0.05, 0) is 68.2 Å². The molecule has 2 aliphatic rings. The summed E-state index contributed by atoms with van der Waals surface area (Å²) >= 11 is 0. The van der Waals surface area contributed by atoms with Gasteiger partial charge in [-0.2, -0.15) is 0 Å². The quantitative estimate of drug-likeness (QED) is 0.299. The number of aliphatic hydroxyl groups excluding tert-OH is 3. The lowest BCUT2D eigenvalue weighted by molar-refractivity contribution is -0.180. The zero-order valence-electron chi connectivity index (χ0n) is 22.1. The summed E-state index contributed by atoms with van der Waals surface area (Å²) in [5, 5.41) is 39.6. The number of fused-ring (bicyclic) bond motifs is 1. The lowest BCUT2D eigenvalue weighted by atomic mass is 9.66. The molecule has 1 aromatic carbocycles. The van der Waals surface area contributed by atoms with Gasteiger partial charge in [0, 0.05) is 12.3 Å². The fourth-order valence-corrected chi connectivity index (χ4v) is 5.27. The summed E-state index contributed by atoms with van der Waals surface area (Å²) in [5.74, 6) is -2.16. The summed E-state index contributed by atoms with van der Waals surface area (Å²) in [7, 11) is 0. The van der Waals surface area contributed by atoms with Crippen LogP contribution in [0.25, 0.3) is 0 Å². The molecule has 2 aliphatic carbocycles. The van der Waals surface area contributed by atoms with E-state index in [9.17, 15) is 29.3 Å². The first-order chi connectivity index (χ1) is 17.9. The Morgan fingerprint density at radius 2 is 1.84 bits per heavy atom. The second-order valence-corrected chi connectivity index (χ2v) is 11.0. The molecular formula is C29H39FO8. The molecule has 8 nitrogen and oxygen atoms in total. The summed E-state index contributed by atoms with van der Waals surface area (Å²) in [4.78, 5) is 24.0. The van der Waals surface area contributed by atoms with Crippen LogP contribution in [0.1, 0.15) is 58.4 Å². The van der Waals surface area contributed by atoms with Crippen LogP contribution >= 0.6 is 0 Å². The van der Waals surface area contributed by atoms with Crippen molar-refractivity contribution in [3.8, 4) is 0 Å². The van der Waals surface area contributed by atoms with Crippen molar-refractivity contribution in [3.05, 3.63) is 59.4 Å². The highest BCUT2D eigenvalue weighted by atomic mass is 19.1. The number of aliphatic carboxylic acids is 1. The van der Waals surface area contributed by atoms with Crippen molar-refractivity contribution >= 4 is 11.9 Å². The van der Waals surface area contributed by atoms with E-state index in [4.69, 9.17) is 14.6 Å². The summed E-state index contributed by atoms with van der Waals surface area (Å²) in [6, 6.07) is 5.81. The number of hydrogen-bond acceptors (Lipinski definition) is 7. The molecule has 0 spiro atoms. The van der Waals surface area contributed by atoms with Gasteiger partial charge >= 0.3 is 11.9 Å². The normalized spacial score (nSPS) is 26.7. The first-order valence-electron chi connectivity index (χ1n) is 13.1. The van der Waals surface area contributed by atoms with Gasteiger partial charge in [-0.25, -0.2) is 9.18 Å². The molecule has 38 heavy (non-hydrogen) atoms. The summed E-state index contributed by atoms with van der Waals surface area (Å²) < 4.78 is 25.0. The predicted molar refractivity (Wildman–Crippen MR) is 137 cm³/mol. The van der Waals surface area contributed by atoms with Gasteiger partial charge in [0.25, 0.3) is 0 Å². The van der Waals surface area contributed by atoms with E-state index >= 15 is 0 Å². The molecule has 0 saturated heterocycles. The van der Waals surface area contributed by atoms with E-state index in [-0.39, 0.29) is 43.0 Å². The fraction of sp³-hybridized carbons (Fsp3) is 0.586. The van der Waals surface area contributed by atoms with E-state index in [0.717, 1.165) is 5.57 Å². The highest BCUT2D eigenvalue weighted by Crippen LogP contribution is 2.44. The van der Waals surface area contributed by atoms with Crippen molar-refractivity contribution in [2.45, 2.75) is 89.5 Å². The Kier molecular flexibility index (Phi) is 10.2. The van der Waals surface area contributed by atoms with Crippen LogP contribution in [0.2, 0.25) is 0 Å². The SMILES string of the molecule is C[C@H]1C=CC2=C[C@@H](O)C[C@H](OC(=O)C(C)(C)OCc3ccc(F)cc3)[C@@H]2[C@H]1CC[C@@H](O)C[C@@H](O)CC(=O)O. The summed E-state index contributed by atoms with van der Waals surface area (Å²) in [6.07, 6.45) is 3.03. The van der Waals surface area contributed by atoms with Gasteiger partial charge in [0.05, 0.1) is 31.3 Å². The van der Waals surface area contributed by atoms with Gasteiger partial charge in [0.15, 0.2) is 5.60 Å². The van der Waals surface area contributed by atoms with Crippen LogP contribution in [0.4, 0.5) is 4.39 Å².